The topological polar surface area (TPSA) is 25.8 Å². The Morgan fingerprint density at radius 2 is 1.82 bits per heavy atom. The summed E-state index contributed by atoms with van der Waals surface area (Å²) >= 11 is 0. The van der Waals surface area contributed by atoms with E-state index < -0.39 is 0 Å². The second-order valence-corrected chi connectivity index (χ2v) is 4.72. The van der Waals surface area contributed by atoms with Gasteiger partial charge in [0, 0.05) is 18.0 Å². The van der Waals surface area contributed by atoms with Crippen molar-refractivity contribution in [3.8, 4) is 11.3 Å². The summed E-state index contributed by atoms with van der Waals surface area (Å²) in [5.41, 5.74) is 3.46. The van der Waals surface area contributed by atoms with Crippen LogP contribution < -0.4 is 0 Å². The van der Waals surface area contributed by atoms with Crippen molar-refractivity contribution in [2.45, 2.75) is 26.7 Å². The van der Waals surface area contributed by atoms with Crippen molar-refractivity contribution in [1.82, 2.24) is 9.97 Å². The fourth-order valence-corrected chi connectivity index (χ4v) is 1.75. The van der Waals surface area contributed by atoms with E-state index in [9.17, 15) is 0 Å². The third kappa shape index (κ3) is 3.38. The fourth-order valence-electron chi connectivity index (χ4n) is 1.75. The highest BCUT2D eigenvalue weighted by molar-refractivity contribution is 5.58. The summed E-state index contributed by atoms with van der Waals surface area (Å²) in [5.74, 6) is 0.759. The molecular formula is C15H18N2. The van der Waals surface area contributed by atoms with Gasteiger partial charge in [-0.3, -0.25) is 9.97 Å². The Hall–Kier alpha value is -1.70. The van der Waals surface area contributed by atoms with Gasteiger partial charge in [0.2, 0.25) is 0 Å². The van der Waals surface area contributed by atoms with Gasteiger partial charge in [0.05, 0.1) is 11.9 Å². The Morgan fingerprint density at radius 1 is 1.06 bits per heavy atom. The molecule has 0 N–H and O–H groups in total. The highest BCUT2D eigenvalue weighted by Crippen LogP contribution is 2.17. The van der Waals surface area contributed by atoms with E-state index in [1.807, 2.05) is 0 Å². The standard InChI is InChI=1S/C15H18N2/c1-12(2)3-4-13-5-7-14(8-6-13)15-11-16-9-10-17-15/h5-12H,3-4H2,1-2H3. The average molecular weight is 226 g/mol. The van der Waals surface area contributed by atoms with Crippen molar-refractivity contribution < 1.29 is 0 Å². The van der Waals surface area contributed by atoms with Crippen LogP contribution in [0.5, 0.6) is 0 Å². The maximum absolute atomic E-state index is 4.29. The lowest BCUT2D eigenvalue weighted by Crippen LogP contribution is -1.92. The van der Waals surface area contributed by atoms with E-state index in [2.05, 4.69) is 48.1 Å². The van der Waals surface area contributed by atoms with Crippen LogP contribution in [0.1, 0.15) is 25.8 Å². The summed E-state index contributed by atoms with van der Waals surface area (Å²) in [5, 5.41) is 0. The van der Waals surface area contributed by atoms with Crippen LogP contribution in [-0.2, 0) is 6.42 Å². The minimum absolute atomic E-state index is 0.759. The minimum atomic E-state index is 0.759. The van der Waals surface area contributed by atoms with E-state index in [0.717, 1.165) is 23.6 Å². The number of benzene rings is 1. The summed E-state index contributed by atoms with van der Waals surface area (Å²) in [6.07, 6.45) is 7.61. The molecule has 2 rings (SSSR count). The maximum Gasteiger partial charge on any atom is 0.0885 e. The molecule has 0 aliphatic heterocycles. The van der Waals surface area contributed by atoms with Crippen LogP contribution in [0.3, 0.4) is 0 Å². The van der Waals surface area contributed by atoms with E-state index in [1.165, 1.54) is 12.0 Å². The van der Waals surface area contributed by atoms with Gasteiger partial charge in [-0.25, -0.2) is 0 Å². The first-order chi connectivity index (χ1) is 8.25. The molecule has 17 heavy (non-hydrogen) atoms. The van der Waals surface area contributed by atoms with Crippen LogP contribution >= 0.6 is 0 Å². The normalized spacial score (nSPS) is 10.8. The van der Waals surface area contributed by atoms with Crippen molar-refractivity contribution in [2.24, 2.45) is 5.92 Å². The van der Waals surface area contributed by atoms with E-state index >= 15 is 0 Å². The maximum atomic E-state index is 4.29. The van der Waals surface area contributed by atoms with E-state index in [-0.39, 0.29) is 0 Å². The van der Waals surface area contributed by atoms with E-state index in [1.54, 1.807) is 18.6 Å². The molecule has 0 aliphatic carbocycles. The van der Waals surface area contributed by atoms with Gasteiger partial charge < -0.3 is 0 Å². The smallest absolute Gasteiger partial charge is 0.0885 e. The molecule has 0 spiro atoms. The Bertz CT molecular complexity index is 446. The van der Waals surface area contributed by atoms with Gasteiger partial charge in [-0.2, -0.15) is 0 Å². The zero-order valence-electron chi connectivity index (χ0n) is 10.4. The summed E-state index contributed by atoms with van der Waals surface area (Å²) in [4.78, 5) is 8.37. The molecule has 2 aromatic rings. The minimum Gasteiger partial charge on any atom is -0.261 e. The number of hydrogen-bond donors (Lipinski definition) is 0. The summed E-state index contributed by atoms with van der Waals surface area (Å²) in [6.45, 7) is 4.52. The zero-order valence-corrected chi connectivity index (χ0v) is 10.4. The van der Waals surface area contributed by atoms with E-state index in [0.29, 0.717) is 0 Å². The van der Waals surface area contributed by atoms with Crippen molar-refractivity contribution in [1.29, 1.82) is 0 Å². The Morgan fingerprint density at radius 3 is 2.41 bits per heavy atom. The number of hydrogen-bond acceptors (Lipinski definition) is 2. The van der Waals surface area contributed by atoms with Gasteiger partial charge in [-0.05, 0) is 24.3 Å². The summed E-state index contributed by atoms with van der Waals surface area (Å²) in [6, 6.07) is 8.62. The summed E-state index contributed by atoms with van der Waals surface area (Å²) in [7, 11) is 0. The third-order valence-electron chi connectivity index (χ3n) is 2.82. The predicted octanol–water partition coefficient (Wildman–Crippen LogP) is 3.73. The van der Waals surface area contributed by atoms with Gasteiger partial charge in [0.15, 0.2) is 0 Å². The Kier molecular flexibility index (Phi) is 3.86. The molecule has 0 radical (unpaired) electrons. The molecule has 0 aliphatic rings. The molecular weight excluding hydrogens is 208 g/mol. The van der Waals surface area contributed by atoms with Gasteiger partial charge >= 0.3 is 0 Å². The van der Waals surface area contributed by atoms with Crippen LogP contribution in [-0.4, -0.2) is 9.97 Å². The third-order valence-corrected chi connectivity index (χ3v) is 2.82. The monoisotopic (exact) mass is 226 g/mol. The van der Waals surface area contributed by atoms with Gasteiger partial charge in [0.1, 0.15) is 0 Å². The molecule has 1 aromatic carbocycles. The fraction of sp³-hybridized carbons (Fsp3) is 0.333. The van der Waals surface area contributed by atoms with Crippen LogP contribution in [0.2, 0.25) is 0 Å². The second kappa shape index (κ2) is 5.58. The van der Waals surface area contributed by atoms with Crippen molar-refractivity contribution in [3.63, 3.8) is 0 Å². The highest BCUT2D eigenvalue weighted by Gasteiger charge is 2.00. The predicted molar refractivity (Wildman–Crippen MR) is 70.6 cm³/mol. The SMILES string of the molecule is CC(C)CCc1ccc(-c2cnccn2)cc1. The Balaban J connectivity index is 2.08. The van der Waals surface area contributed by atoms with Gasteiger partial charge in [-0.1, -0.05) is 38.1 Å². The number of rotatable bonds is 4. The highest BCUT2D eigenvalue weighted by atomic mass is 14.8. The average Bonchev–Trinajstić information content (AvgIpc) is 2.38. The lowest BCUT2D eigenvalue weighted by molar-refractivity contribution is 0.587. The molecule has 0 unspecified atom stereocenters. The van der Waals surface area contributed by atoms with Crippen molar-refractivity contribution in [3.05, 3.63) is 48.4 Å². The molecule has 0 fully saturated rings. The molecule has 0 atom stereocenters. The first-order valence-corrected chi connectivity index (χ1v) is 6.11. The quantitative estimate of drug-likeness (QED) is 0.793. The second-order valence-electron chi connectivity index (χ2n) is 4.72. The number of aromatic nitrogens is 2. The van der Waals surface area contributed by atoms with Crippen LogP contribution in [0.15, 0.2) is 42.9 Å². The van der Waals surface area contributed by atoms with Crippen molar-refractivity contribution in [2.75, 3.05) is 0 Å². The largest absolute Gasteiger partial charge is 0.261 e. The molecule has 0 saturated carbocycles. The van der Waals surface area contributed by atoms with Crippen LogP contribution in [0, 0.1) is 5.92 Å². The van der Waals surface area contributed by atoms with E-state index in [4.69, 9.17) is 0 Å². The van der Waals surface area contributed by atoms with Crippen LogP contribution in [0.25, 0.3) is 11.3 Å². The molecule has 0 amide bonds. The van der Waals surface area contributed by atoms with Gasteiger partial charge in [0.25, 0.3) is 0 Å². The number of nitrogens with zero attached hydrogens (tertiary/aromatic N) is 2. The lowest BCUT2D eigenvalue weighted by Gasteiger charge is -2.05. The lowest BCUT2D eigenvalue weighted by atomic mass is 10.0. The molecule has 88 valence electrons. The summed E-state index contributed by atoms with van der Waals surface area (Å²) < 4.78 is 0. The molecule has 0 saturated heterocycles. The first kappa shape index (κ1) is 11.8. The first-order valence-electron chi connectivity index (χ1n) is 6.11. The molecule has 1 heterocycles. The molecule has 1 aromatic heterocycles. The van der Waals surface area contributed by atoms with Gasteiger partial charge in [-0.15, -0.1) is 0 Å². The zero-order chi connectivity index (χ0) is 12.1. The molecule has 0 bridgehead atoms. The Labute approximate surface area is 103 Å². The van der Waals surface area contributed by atoms with Crippen molar-refractivity contribution >= 4 is 0 Å². The molecule has 2 heteroatoms. The van der Waals surface area contributed by atoms with Crippen LogP contribution in [0.4, 0.5) is 0 Å². The molecule has 2 nitrogen and oxygen atoms in total. The number of aryl methyl sites for hydroxylation is 1.